The zero-order chi connectivity index (χ0) is 24.5. The smallest absolute Gasteiger partial charge is 0.246 e. The van der Waals surface area contributed by atoms with E-state index < -0.39 is 0 Å². The SMILES string of the molecule is CCN(C(=O)Cn1c(C2CC(=O)N(c3cc(C)ccc3C)C2)nc2ccccc21)c1ccccc1. The van der Waals surface area contributed by atoms with E-state index in [9.17, 15) is 9.59 Å². The van der Waals surface area contributed by atoms with Gasteiger partial charge in [0, 0.05) is 36.8 Å². The van der Waals surface area contributed by atoms with E-state index in [0.29, 0.717) is 19.5 Å². The Hall–Kier alpha value is -3.93. The van der Waals surface area contributed by atoms with Crippen LogP contribution in [0.25, 0.3) is 11.0 Å². The minimum Gasteiger partial charge on any atom is -0.318 e. The number of carbonyl (C=O) groups excluding carboxylic acids is 2. The predicted octanol–water partition coefficient (Wildman–Crippen LogP) is 5.23. The summed E-state index contributed by atoms with van der Waals surface area (Å²) in [6, 6.07) is 23.8. The summed E-state index contributed by atoms with van der Waals surface area (Å²) in [6.45, 7) is 7.36. The van der Waals surface area contributed by atoms with Gasteiger partial charge in [0.2, 0.25) is 11.8 Å². The van der Waals surface area contributed by atoms with Crippen molar-refractivity contribution in [3.05, 3.63) is 89.7 Å². The van der Waals surface area contributed by atoms with E-state index in [-0.39, 0.29) is 24.3 Å². The second-order valence-electron chi connectivity index (χ2n) is 9.21. The van der Waals surface area contributed by atoms with Crippen LogP contribution in [0.5, 0.6) is 0 Å². The molecule has 1 saturated heterocycles. The fraction of sp³-hybridized carbons (Fsp3) is 0.276. The van der Waals surface area contributed by atoms with Gasteiger partial charge in [-0.25, -0.2) is 4.98 Å². The molecule has 6 nitrogen and oxygen atoms in total. The highest BCUT2D eigenvalue weighted by Crippen LogP contribution is 2.35. The van der Waals surface area contributed by atoms with Crippen molar-refractivity contribution in [2.24, 2.45) is 0 Å². The van der Waals surface area contributed by atoms with E-state index in [0.717, 1.165) is 39.4 Å². The topological polar surface area (TPSA) is 58.4 Å². The maximum atomic E-state index is 13.5. The Labute approximate surface area is 205 Å². The van der Waals surface area contributed by atoms with E-state index in [1.165, 1.54) is 0 Å². The predicted molar refractivity (Wildman–Crippen MR) is 140 cm³/mol. The van der Waals surface area contributed by atoms with Gasteiger partial charge in [-0.3, -0.25) is 9.59 Å². The first-order chi connectivity index (χ1) is 17.0. The second kappa shape index (κ2) is 9.37. The van der Waals surface area contributed by atoms with E-state index >= 15 is 0 Å². The van der Waals surface area contributed by atoms with Crippen LogP contribution in [-0.2, 0) is 16.1 Å². The normalized spacial score (nSPS) is 15.7. The minimum absolute atomic E-state index is 0.00110. The molecule has 1 atom stereocenters. The Morgan fingerprint density at radius 1 is 1.03 bits per heavy atom. The van der Waals surface area contributed by atoms with Crippen molar-refractivity contribution in [1.29, 1.82) is 0 Å². The highest BCUT2D eigenvalue weighted by atomic mass is 16.2. The van der Waals surface area contributed by atoms with Gasteiger partial charge in [0.1, 0.15) is 12.4 Å². The molecule has 178 valence electrons. The van der Waals surface area contributed by atoms with Crippen molar-refractivity contribution in [3.63, 3.8) is 0 Å². The third-order valence-electron chi connectivity index (χ3n) is 6.81. The van der Waals surface area contributed by atoms with Gasteiger partial charge in [0.15, 0.2) is 0 Å². The highest BCUT2D eigenvalue weighted by molar-refractivity contribution is 5.97. The molecular weight excluding hydrogens is 436 g/mol. The highest BCUT2D eigenvalue weighted by Gasteiger charge is 2.36. The number of aryl methyl sites for hydroxylation is 2. The number of benzene rings is 3. The molecule has 1 aliphatic heterocycles. The van der Waals surface area contributed by atoms with Crippen LogP contribution in [0.3, 0.4) is 0 Å². The molecule has 1 unspecified atom stereocenters. The lowest BCUT2D eigenvalue weighted by molar-refractivity contribution is -0.119. The summed E-state index contributed by atoms with van der Waals surface area (Å²) in [4.78, 5) is 35.2. The monoisotopic (exact) mass is 466 g/mol. The number of nitrogens with zero attached hydrogens (tertiary/aromatic N) is 4. The first-order valence-electron chi connectivity index (χ1n) is 12.1. The molecule has 1 fully saturated rings. The maximum Gasteiger partial charge on any atom is 0.246 e. The maximum absolute atomic E-state index is 13.5. The zero-order valence-corrected chi connectivity index (χ0v) is 20.4. The quantitative estimate of drug-likeness (QED) is 0.391. The molecule has 1 aliphatic rings. The van der Waals surface area contributed by atoms with Crippen molar-refractivity contribution in [3.8, 4) is 0 Å². The molecule has 0 spiro atoms. The number of hydrogen-bond donors (Lipinski definition) is 0. The number of hydrogen-bond acceptors (Lipinski definition) is 3. The van der Waals surface area contributed by atoms with Crippen LogP contribution in [0.1, 0.15) is 36.2 Å². The average molecular weight is 467 g/mol. The Morgan fingerprint density at radius 2 is 1.77 bits per heavy atom. The summed E-state index contributed by atoms with van der Waals surface area (Å²) < 4.78 is 2.01. The minimum atomic E-state index is -0.0885. The number of rotatable bonds is 6. The van der Waals surface area contributed by atoms with Gasteiger partial charge < -0.3 is 14.4 Å². The van der Waals surface area contributed by atoms with Crippen molar-refractivity contribution >= 4 is 34.2 Å². The first-order valence-corrected chi connectivity index (χ1v) is 12.1. The fourth-order valence-electron chi connectivity index (χ4n) is 5.03. The largest absolute Gasteiger partial charge is 0.318 e. The van der Waals surface area contributed by atoms with Gasteiger partial charge in [-0.1, -0.05) is 42.5 Å². The molecule has 0 bridgehead atoms. The van der Waals surface area contributed by atoms with Crippen LogP contribution in [0.2, 0.25) is 0 Å². The average Bonchev–Trinajstić information content (AvgIpc) is 3.42. The van der Waals surface area contributed by atoms with E-state index in [2.05, 4.69) is 18.2 Å². The van der Waals surface area contributed by atoms with E-state index in [1.807, 2.05) is 84.8 Å². The first kappa shape index (κ1) is 22.8. The number of amides is 2. The van der Waals surface area contributed by atoms with Crippen molar-refractivity contribution in [1.82, 2.24) is 9.55 Å². The van der Waals surface area contributed by atoms with Crippen LogP contribution < -0.4 is 9.80 Å². The van der Waals surface area contributed by atoms with E-state index in [4.69, 9.17) is 4.98 Å². The third-order valence-corrected chi connectivity index (χ3v) is 6.81. The third kappa shape index (κ3) is 4.32. The molecule has 0 N–H and O–H groups in total. The molecule has 1 aromatic heterocycles. The summed E-state index contributed by atoms with van der Waals surface area (Å²) in [5, 5.41) is 0. The lowest BCUT2D eigenvalue weighted by Gasteiger charge is -2.23. The number of imidazole rings is 1. The van der Waals surface area contributed by atoms with Crippen LogP contribution in [-0.4, -0.2) is 34.5 Å². The summed E-state index contributed by atoms with van der Waals surface area (Å²) >= 11 is 0. The Kier molecular flexibility index (Phi) is 6.12. The number of fused-ring (bicyclic) bond motifs is 1. The Balaban J connectivity index is 1.49. The molecule has 2 amide bonds. The Morgan fingerprint density at radius 3 is 2.54 bits per heavy atom. The van der Waals surface area contributed by atoms with Crippen LogP contribution in [0, 0.1) is 13.8 Å². The van der Waals surface area contributed by atoms with Crippen LogP contribution in [0.4, 0.5) is 11.4 Å². The number of para-hydroxylation sites is 3. The molecule has 4 aromatic rings. The van der Waals surface area contributed by atoms with Crippen molar-refractivity contribution in [2.45, 2.75) is 39.7 Å². The van der Waals surface area contributed by atoms with Crippen molar-refractivity contribution < 1.29 is 9.59 Å². The Bertz CT molecular complexity index is 1390. The summed E-state index contributed by atoms with van der Waals surface area (Å²) in [7, 11) is 0. The molecular formula is C29H30N4O2. The number of carbonyl (C=O) groups is 2. The molecule has 35 heavy (non-hydrogen) atoms. The summed E-state index contributed by atoms with van der Waals surface area (Å²) in [5.41, 5.74) is 5.80. The standard InChI is InChI=1S/C29H30N4O2/c1-4-31(23-10-6-5-7-11-23)28(35)19-33-25-13-9-8-12-24(25)30-29(33)22-17-27(34)32(18-22)26-16-20(2)14-15-21(26)3/h5-16,22H,4,17-19H2,1-3H3. The summed E-state index contributed by atoms with van der Waals surface area (Å²) in [6.07, 6.45) is 0.376. The molecule has 0 saturated carbocycles. The van der Waals surface area contributed by atoms with Gasteiger partial charge in [0.05, 0.1) is 11.0 Å². The van der Waals surface area contributed by atoms with Gasteiger partial charge in [0.25, 0.3) is 0 Å². The zero-order valence-electron chi connectivity index (χ0n) is 20.4. The molecule has 3 aromatic carbocycles. The van der Waals surface area contributed by atoms with Gasteiger partial charge in [-0.2, -0.15) is 0 Å². The fourth-order valence-corrected chi connectivity index (χ4v) is 5.03. The number of aromatic nitrogens is 2. The lowest BCUT2D eigenvalue weighted by atomic mass is 10.1. The molecule has 0 aliphatic carbocycles. The van der Waals surface area contributed by atoms with E-state index in [1.54, 1.807) is 4.90 Å². The number of anilines is 2. The summed E-state index contributed by atoms with van der Waals surface area (Å²) in [5.74, 6) is 0.797. The molecule has 0 radical (unpaired) electrons. The van der Waals surface area contributed by atoms with Gasteiger partial charge in [-0.05, 0) is 62.2 Å². The lowest BCUT2D eigenvalue weighted by Crippen LogP contribution is -2.34. The van der Waals surface area contributed by atoms with Crippen LogP contribution >= 0.6 is 0 Å². The van der Waals surface area contributed by atoms with Crippen molar-refractivity contribution in [2.75, 3.05) is 22.9 Å². The van der Waals surface area contributed by atoms with Gasteiger partial charge >= 0.3 is 0 Å². The molecule has 6 heteroatoms. The van der Waals surface area contributed by atoms with Crippen LogP contribution in [0.15, 0.2) is 72.8 Å². The molecule has 5 rings (SSSR count). The molecule has 2 heterocycles. The van der Waals surface area contributed by atoms with Gasteiger partial charge in [-0.15, -0.1) is 0 Å². The second-order valence-corrected chi connectivity index (χ2v) is 9.21. The number of likely N-dealkylation sites (N-methyl/N-ethyl adjacent to an activating group) is 1.